The number of thioether (sulfide) groups is 1. The van der Waals surface area contributed by atoms with Gasteiger partial charge in [0.25, 0.3) is 0 Å². The Kier molecular flexibility index (Phi) is 4.79. The summed E-state index contributed by atoms with van der Waals surface area (Å²) in [5, 5.41) is 4.58. The summed E-state index contributed by atoms with van der Waals surface area (Å²) in [6.45, 7) is 8.39. The Labute approximate surface area is 111 Å². The molecule has 2 rings (SSSR count). The molecule has 2 unspecified atom stereocenters. The molecule has 100 valence electrons. The smallest absolute Gasteiger partial charge is 0.0252 e. The lowest BCUT2D eigenvalue weighted by atomic mass is 9.92. The topological polar surface area (TPSA) is 15.3 Å². The Balaban J connectivity index is 1.95. The van der Waals surface area contributed by atoms with Gasteiger partial charge in [0.15, 0.2) is 0 Å². The molecule has 0 aromatic carbocycles. The molecule has 2 nitrogen and oxygen atoms in total. The van der Waals surface area contributed by atoms with Crippen molar-refractivity contribution in [1.82, 2.24) is 10.2 Å². The predicted molar refractivity (Wildman–Crippen MR) is 77.8 cm³/mol. The highest BCUT2D eigenvalue weighted by Gasteiger charge is 2.31. The van der Waals surface area contributed by atoms with Gasteiger partial charge in [0.1, 0.15) is 0 Å². The molecule has 2 aliphatic rings. The van der Waals surface area contributed by atoms with Crippen LogP contribution >= 0.6 is 11.8 Å². The van der Waals surface area contributed by atoms with Gasteiger partial charge in [-0.2, -0.15) is 11.8 Å². The third-order valence-corrected chi connectivity index (χ3v) is 5.37. The van der Waals surface area contributed by atoms with E-state index < -0.39 is 0 Å². The molecule has 1 N–H and O–H groups in total. The van der Waals surface area contributed by atoms with E-state index in [1.807, 2.05) is 0 Å². The van der Waals surface area contributed by atoms with Crippen molar-refractivity contribution in [1.29, 1.82) is 0 Å². The zero-order chi connectivity index (χ0) is 12.3. The summed E-state index contributed by atoms with van der Waals surface area (Å²) in [6.07, 6.45) is 9.29. The van der Waals surface area contributed by atoms with E-state index in [1.165, 1.54) is 51.7 Å². The van der Waals surface area contributed by atoms with Crippen LogP contribution in [0.3, 0.4) is 0 Å². The lowest BCUT2D eigenvalue weighted by Crippen LogP contribution is -2.50. The lowest BCUT2D eigenvalue weighted by molar-refractivity contribution is 0.138. The van der Waals surface area contributed by atoms with E-state index in [1.54, 1.807) is 0 Å². The first-order valence-electron chi connectivity index (χ1n) is 7.12. The summed E-state index contributed by atoms with van der Waals surface area (Å²) in [7, 11) is 0. The normalized spacial score (nSPS) is 35.5. The molecular weight excluding hydrogens is 228 g/mol. The summed E-state index contributed by atoms with van der Waals surface area (Å²) in [5.74, 6) is 0. The quantitative estimate of drug-likeness (QED) is 0.818. The Morgan fingerprint density at radius 2 is 2.06 bits per heavy atom. The van der Waals surface area contributed by atoms with Crippen molar-refractivity contribution >= 4 is 11.8 Å². The van der Waals surface area contributed by atoms with Gasteiger partial charge in [0.05, 0.1) is 0 Å². The van der Waals surface area contributed by atoms with Gasteiger partial charge in [0.2, 0.25) is 0 Å². The van der Waals surface area contributed by atoms with Crippen LogP contribution in [0, 0.1) is 0 Å². The number of hydrogen-bond donors (Lipinski definition) is 1. The van der Waals surface area contributed by atoms with Crippen molar-refractivity contribution in [2.45, 2.75) is 62.8 Å². The van der Waals surface area contributed by atoms with Gasteiger partial charge in [-0.05, 0) is 58.9 Å². The van der Waals surface area contributed by atoms with Crippen LogP contribution < -0.4 is 5.32 Å². The van der Waals surface area contributed by atoms with Gasteiger partial charge < -0.3 is 5.32 Å². The van der Waals surface area contributed by atoms with Gasteiger partial charge in [0, 0.05) is 23.4 Å². The fraction of sp³-hybridized carbons (Fsp3) is 1.00. The highest BCUT2D eigenvalue weighted by molar-refractivity contribution is 7.99. The van der Waals surface area contributed by atoms with Gasteiger partial charge in [-0.1, -0.05) is 6.42 Å². The molecule has 1 aliphatic heterocycles. The second kappa shape index (κ2) is 5.94. The molecule has 2 fully saturated rings. The molecule has 2 atom stereocenters. The van der Waals surface area contributed by atoms with Crippen LogP contribution in [-0.4, -0.2) is 47.6 Å². The fourth-order valence-electron chi connectivity index (χ4n) is 3.33. The Hall–Kier alpha value is 0.270. The van der Waals surface area contributed by atoms with Crippen LogP contribution in [0.2, 0.25) is 0 Å². The molecule has 1 aliphatic carbocycles. The third-order valence-electron chi connectivity index (χ3n) is 4.27. The molecule has 0 bridgehead atoms. The third kappa shape index (κ3) is 3.87. The highest BCUT2D eigenvalue weighted by atomic mass is 32.2. The van der Waals surface area contributed by atoms with Crippen LogP contribution in [0.4, 0.5) is 0 Å². The average molecular weight is 256 g/mol. The van der Waals surface area contributed by atoms with E-state index in [2.05, 4.69) is 42.1 Å². The fourth-order valence-corrected chi connectivity index (χ4v) is 4.15. The SMILES string of the molecule is CSC1CCCC(N2CCCNC(C)(C)C2)C1. The standard InChI is InChI=1S/C14H28N2S/c1-14(2)11-16(9-5-8-15-14)12-6-4-7-13(10-12)17-3/h12-13,15H,4-11H2,1-3H3. The predicted octanol–water partition coefficient (Wildman–Crippen LogP) is 2.73. The first-order chi connectivity index (χ1) is 8.11. The minimum Gasteiger partial charge on any atom is -0.310 e. The maximum Gasteiger partial charge on any atom is 0.0252 e. The molecule has 17 heavy (non-hydrogen) atoms. The monoisotopic (exact) mass is 256 g/mol. The molecule has 0 spiro atoms. The summed E-state index contributed by atoms with van der Waals surface area (Å²) < 4.78 is 0. The maximum atomic E-state index is 3.67. The lowest BCUT2D eigenvalue weighted by Gasteiger charge is -2.39. The second-order valence-corrected chi connectivity index (χ2v) is 7.45. The molecular formula is C14H28N2S. The molecule has 0 aromatic rings. The Morgan fingerprint density at radius 3 is 2.82 bits per heavy atom. The van der Waals surface area contributed by atoms with E-state index in [-0.39, 0.29) is 0 Å². The van der Waals surface area contributed by atoms with Crippen molar-refractivity contribution < 1.29 is 0 Å². The first kappa shape index (κ1) is 13.7. The van der Waals surface area contributed by atoms with Gasteiger partial charge in [-0.15, -0.1) is 0 Å². The maximum absolute atomic E-state index is 3.67. The van der Waals surface area contributed by atoms with E-state index in [4.69, 9.17) is 0 Å². The van der Waals surface area contributed by atoms with Crippen LogP contribution in [0.25, 0.3) is 0 Å². The van der Waals surface area contributed by atoms with Gasteiger partial charge in [-0.3, -0.25) is 4.90 Å². The number of rotatable bonds is 2. The summed E-state index contributed by atoms with van der Waals surface area (Å²) in [4.78, 5) is 2.77. The molecule has 1 saturated heterocycles. The van der Waals surface area contributed by atoms with Gasteiger partial charge >= 0.3 is 0 Å². The van der Waals surface area contributed by atoms with Crippen LogP contribution in [0.1, 0.15) is 46.0 Å². The molecule has 0 radical (unpaired) electrons. The minimum atomic E-state index is 0.294. The van der Waals surface area contributed by atoms with Gasteiger partial charge in [-0.25, -0.2) is 0 Å². The van der Waals surface area contributed by atoms with Crippen LogP contribution in [0.5, 0.6) is 0 Å². The summed E-state index contributed by atoms with van der Waals surface area (Å²) >= 11 is 2.08. The molecule has 1 heterocycles. The Bertz CT molecular complexity index is 242. The average Bonchev–Trinajstić information content (AvgIpc) is 2.50. The van der Waals surface area contributed by atoms with Crippen molar-refractivity contribution in [3.8, 4) is 0 Å². The summed E-state index contributed by atoms with van der Waals surface area (Å²) in [5.41, 5.74) is 0.294. The summed E-state index contributed by atoms with van der Waals surface area (Å²) in [6, 6.07) is 0.848. The van der Waals surface area contributed by atoms with E-state index in [0.29, 0.717) is 5.54 Å². The van der Waals surface area contributed by atoms with Crippen molar-refractivity contribution in [2.24, 2.45) is 0 Å². The van der Waals surface area contributed by atoms with E-state index in [0.717, 1.165) is 11.3 Å². The van der Waals surface area contributed by atoms with E-state index >= 15 is 0 Å². The molecule has 0 amide bonds. The van der Waals surface area contributed by atoms with Crippen LogP contribution in [-0.2, 0) is 0 Å². The highest BCUT2D eigenvalue weighted by Crippen LogP contribution is 2.31. The number of nitrogens with zero attached hydrogens (tertiary/aromatic N) is 1. The molecule has 3 heteroatoms. The zero-order valence-electron chi connectivity index (χ0n) is 11.7. The first-order valence-corrected chi connectivity index (χ1v) is 8.41. The zero-order valence-corrected chi connectivity index (χ0v) is 12.5. The minimum absolute atomic E-state index is 0.294. The number of nitrogens with one attached hydrogen (secondary N) is 1. The molecule has 1 saturated carbocycles. The second-order valence-electron chi connectivity index (χ2n) is 6.31. The Morgan fingerprint density at radius 1 is 1.24 bits per heavy atom. The van der Waals surface area contributed by atoms with E-state index in [9.17, 15) is 0 Å². The van der Waals surface area contributed by atoms with Crippen molar-refractivity contribution in [3.63, 3.8) is 0 Å². The largest absolute Gasteiger partial charge is 0.310 e. The van der Waals surface area contributed by atoms with Crippen LogP contribution in [0.15, 0.2) is 0 Å². The molecule has 0 aromatic heterocycles. The van der Waals surface area contributed by atoms with Crippen molar-refractivity contribution in [2.75, 3.05) is 25.9 Å². The van der Waals surface area contributed by atoms with Crippen molar-refractivity contribution in [3.05, 3.63) is 0 Å². The number of hydrogen-bond acceptors (Lipinski definition) is 3.